The average Bonchev–Trinajstić information content (AvgIpc) is 4.18. The molecular weight excluding hydrogens is 923 g/mol. The van der Waals surface area contributed by atoms with Gasteiger partial charge in [0.25, 0.3) is 5.91 Å². The van der Waals surface area contributed by atoms with Crippen LogP contribution in [0.1, 0.15) is 175 Å². The molecule has 3 saturated carbocycles. The van der Waals surface area contributed by atoms with E-state index in [1.54, 1.807) is 16.0 Å². The first-order valence-corrected chi connectivity index (χ1v) is 28.9. The minimum atomic E-state index is -1.22. The van der Waals surface area contributed by atoms with Crippen LogP contribution in [0.4, 0.5) is 0 Å². The summed E-state index contributed by atoms with van der Waals surface area (Å²) in [5.74, 6) is 3.20. The molecule has 6 amide bonds. The molecule has 8 rings (SSSR count). The second-order valence-electron chi connectivity index (χ2n) is 24.0. The van der Waals surface area contributed by atoms with E-state index in [2.05, 4.69) is 37.5 Å². The van der Waals surface area contributed by atoms with Crippen LogP contribution in [-0.4, -0.2) is 124 Å². The van der Waals surface area contributed by atoms with Gasteiger partial charge in [0.2, 0.25) is 29.5 Å². The zero-order chi connectivity index (χ0) is 51.9. The van der Waals surface area contributed by atoms with Crippen LogP contribution in [0.2, 0.25) is 0 Å². The molecule has 13 atom stereocenters. The van der Waals surface area contributed by atoms with Gasteiger partial charge in [-0.1, -0.05) is 71.1 Å². The van der Waals surface area contributed by atoms with Crippen LogP contribution in [-0.2, 0) is 38.3 Å². The second kappa shape index (κ2) is 24.8. The molecule has 0 bridgehead atoms. The lowest BCUT2D eigenvalue weighted by atomic mass is 9.56. The number of esters is 1. The van der Waals surface area contributed by atoms with E-state index in [-0.39, 0.29) is 42.6 Å². The fourth-order valence-electron chi connectivity index (χ4n) is 15.1. The van der Waals surface area contributed by atoms with Gasteiger partial charge in [0, 0.05) is 51.3 Å². The van der Waals surface area contributed by atoms with Gasteiger partial charge in [-0.05, 0) is 163 Å². The summed E-state index contributed by atoms with van der Waals surface area (Å²) < 4.78 is 6.36. The van der Waals surface area contributed by atoms with Crippen LogP contribution < -0.4 is 16.4 Å². The molecule has 4 aliphatic carbocycles. The Kier molecular flexibility index (Phi) is 18.5. The first-order chi connectivity index (χ1) is 35.1. The number of nitrogens with two attached hydrogens (primary N) is 1. The van der Waals surface area contributed by atoms with Crippen LogP contribution >= 0.6 is 0 Å². The molecule has 4 N–H and O–H groups in total. The Morgan fingerprint density at radius 2 is 1.45 bits per heavy atom. The summed E-state index contributed by atoms with van der Waals surface area (Å²) in [5.41, 5.74) is 7.61. The molecule has 0 spiro atoms. The molecule has 15 heteroatoms. The monoisotopic (exact) mass is 1010 g/mol. The first kappa shape index (κ1) is 54.6. The molecule has 6 fully saturated rings. The predicted octanol–water partition coefficient (Wildman–Crippen LogP) is 7.29. The fourth-order valence-corrected chi connectivity index (χ4v) is 15.1. The van der Waals surface area contributed by atoms with Crippen LogP contribution in [0.25, 0.3) is 0 Å². The molecule has 8 aliphatic rings. The molecule has 0 aromatic rings. The van der Waals surface area contributed by atoms with Gasteiger partial charge in [0.1, 0.15) is 36.3 Å². The molecule has 3 saturated heterocycles. The summed E-state index contributed by atoms with van der Waals surface area (Å²) in [6, 6.07) is -4.57. The maximum absolute atomic E-state index is 14.6. The van der Waals surface area contributed by atoms with Crippen LogP contribution in [0.3, 0.4) is 0 Å². The molecule has 404 valence electrons. The molecule has 0 aromatic heterocycles. The Hall–Kier alpha value is -4.69. The summed E-state index contributed by atoms with van der Waals surface area (Å²) in [7, 11) is 1.85. The predicted molar refractivity (Wildman–Crippen MR) is 279 cm³/mol. The second-order valence-corrected chi connectivity index (χ2v) is 24.0. The molecule has 4 heterocycles. The number of amides is 6. The van der Waals surface area contributed by atoms with Gasteiger partial charge in [0.05, 0.1) is 0 Å². The smallest absolute Gasteiger partial charge is 0.329 e. The minimum absolute atomic E-state index is 0.109. The van der Waals surface area contributed by atoms with E-state index < -0.39 is 47.9 Å². The van der Waals surface area contributed by atoms with Crippen LogP contribution in [0, 0.1) is 47.3 Å². The van der Waals surface area contributed by atoms with E-state index in [0.29, 0.717) is 82.5 Å². The zero-order valence-corrected chi connectivity index (χ0v) is 44.9. The number of primary amides is 1. The number of allylic oxidation sites excluding steroid dienone is 2. The number of hydrogen-bond donors (Lipinski definition) is 3. The van der Waals surface area contributed by atoms with E-state index in [1.165, 1.54) is 55.4 Å². The topological polar surface area (TPSA) is 192 Å². The highest BCUT2D eigenvalue weighted by molar-refractivity contribution is 5.99. The number of ether oxygens (including phenoxy) is 1. The average molecular weight is 1010 g/mol. The number of carbonyl (C=O) groups excluding carboxylic acids is 7. The Bertz CT molecular complexity index is 2120. The number of likely N-dealkylation sites (tertiary alicyclic amines) is 3. The molecule has 8 unspecified atom stereocenters. The van der Waals surface area contributed by atoms with E-state index in [0.717, 1.165) is 80.0 Å². The van der Waals surface area contributed by atoms with Crippen molar-refractivity contribution in [1.82, 2.24) is 30.2 Å². The van der Waals surface area contributed by atoms with Crippen molar-refractivity contribution in [3.8, 4) is 0 Å². The summed E-state index contributed by atoms with van der Waals surface area (Å²) in [6.07, 6.45) is 26.2. The molecule has 15 nitrogen and oxygen atoms in total. The van der Waals surface area contributed by atoms with Crippen molar-refractivity contribution < 1.29 is 38.3 Å². The zero-order valence-electron chi connectivity index (χ0n) is 44.9. The van der Waals surface area contributed by atoms with Crippen molar-refractivity contribution in [1.29, 1.82) is 0 Å². The van der Waals surface area contributed by atoms with Crippen molar-refractivity contribution >= 4 is 41.4 Å². The molecular formula is C58H89N7O8. The van der Waals surface area contributed by atoms with E-state index in [1.807, 2.05) is 31.1 Å². The third-order valence-electron chi connectivity index (χ3n) is 18.7. The van der Waals surface area contributed by atoms with Crippen molar-refractivity contribution in [2.75, 3.05) is 26.7 Å². The first-order valence-electron chi connectivity index (χ1n) is 28.9. The maximum atomic E-state index is 14.6. The van der Waals surface area contributed by atoms with E-state index in [9.17, 15) is 33.6 Å². The number of carbonyl (C=O) groups is 7. The quantitative estimate of drug-likeness (QED) is 0.0881. The molecule has 4 aliphatic heterocycles. The lowest BCUT2D eigenvalue weighted by Crippen LogP contribution is -2.59. The number of nitrogens with zero attached hydrogens (tertiary/aromatic N) is 4. The highest BCUT2D eigenvalue weighted by Gasteiger charge is 2.51. The van der Waals surface area contributed by atoms with Gasteiger partial charge < -0.3 is 40.7 Å². The number of rotatable bonds is 19. The number of hydrogen-bond acceptors (Lipinski definition) is 9. The molecule has 73 heavy (non-hydrogen) atoms. The lowest BCUT2D eigenvalue weighted by molar-refractivity contribution is -0.163. The van der Waals surface area contributed by atoms with E-state index in [4.69, 9.17) is 10.5 Å². The van der Waals surface area contributed by atoms with Crippen LogP contribution in [0.15, 0.2) is 35.7 Å². The van der Waals surface area contributed by atoms with Gasteiger partial charge in [-0.3, -0.25) is 28.8 Å². The van der Waals surface area contributed by atoms with Gasteiger partial charge in [0.15, 0.2) is 0 Å². The summed E-state index contributed by atoms with van der Waals surface area (Å²) >= 11 is 0. The summed E-state index contributed by atoms with van der Waals surface area (Å²) in [4.78, 5) is 104. The maximum Gasteiger partial charge on any atom is 0.329 e. The summed E-state index contributed by atoms with van der Waals surface area (Å²) in [6.45, 7) is 10.2. The summed E-state index contributed by atoms with van der Waals surface area (Å²) in [5, 5.41) is 5.72. The van der Waals surface area contributed by atoms with Gasteiger partial charge >= 0.3 is 5.97 Å². The number of nitrogens with one attached hydrogen (secondary N) is 2. The lowest BCUT2D eigenvalue weighted by Gasteiger charge is -2.50. The van der Waals surface area contributed by atoms with Crippen molar-refractivity contribution in [2.45, 2.75) is 212 Å². The van der Waals surface area contributed by atoms with Gasteiger partial charge in [-0.2, -0.15) is 0 Å². The number of piperidine rings is 1. The van der Waals surface area contributed by atoms with Gasteiger partial charge in [-0.15, -0.1) is 0 Å². The molecule has 0 aromatic carbocycles. The fraction of sp³-hybridized carbons (Fsp3) is 0.776. The highest BCUT2D eigenvalue weighted by atomic mass is 16.5. The Morgan fingerprint density at radius 1 is 0.726 bits per heavy atom. The largest absolute Gasteiger partial charge is 0.461 e. The molecule has 0 radical (unpaired) electrons. The Balaban J connectivity index is 0.865. The Morgan fingerprint density at radius 3 is 2.21 bits per heavy atom. The third-order valence-corrected chi connectivity index (χ3v) is 18.7. The number of fused-ring (bicyclic) bond motifs is 5. The van der Waals surface area contributed by atoms with Crippen molar-refractivity contribution in [3.63, 3.8) is 0 Å². The van der Waals surface area contributed by atoms with E-state index >= 15 is 0 Å². The van der Waals surface area contributed by atoms with Crippen molar-refractivity contribution in [2.24, 2.45) is 53.1 Å². The van der Waals surface area contributed by atoms with Crippen LogP contribution in [0.5, 0.6) is 0 Å². The highest BCUT2D eigenvalue weighted by Crippen LogP contribution is 2.59. The third kappa shape index (κ3) is 12.7. The minimum Gasteiger partial charge on any atom is -0.461 e. The Labute approximate surface area is 435 Å². The standard InChI is InChI=1S/C58H89N7O8/c1-6-13-48(61-53(67)47(28-29-52(59)66)60-54(68)49-18-11-32-63(49)57(71)50-19-12-33-64(50)55(69)39-16-10-30-62(5)35-39)56(70)65-31-8-7-17-51(65)58(72)73-40-21-23-42-38(34-40)20-22-45-44(42)27-26-43-41(24-25-46(43)45)37(4)15-9-14-36(2)3/h10,20,30,35-37,40-51H,6-9,11-19,21-29,31-34H2,1-5H3,(H2,59,66)(H,60,68)(H,61,67)/t37?,40?,41?,42?,43?,44?,45?,46?,47-,48-,49-,50-,51-/m0/s1. The van der Waals surface area contributed by atoms with Gasteiger partial charge in [-0.25, -0.2) is 4.79 Å². The SMILES string of the molecule is CCC[C@H](NC(=O)[C@H](CCC(N)=O)NC(=O)[C@@H]1CCCN1C(=O)[C@@H]1CCCN1C(=O)C1=CN(C)C=CC1)C(=O)N1CCCC[C@H]1C(=O)OC1CCC2C(=CCC3C2CCC2C(C(C)CCCC(C)C)CCC23)C1. The normalized spacial score (nSPS) is 31.1. The van der Waals surface area contributed by atoms with Crippen molar-refractivity contribution in [3.05, 3.63) is 35.7 Å².